The molecule has 3 heterocycles. The molecule has 0 bridgehead atoms. The van der Waals surface area contributed by atoms with Crippen LogP contribution in [0.2, 0.25) is 4.34 Å². The summed E-state index contributed by atoms with van der Waals surface area (Å²) in [5, 5.41) is 9.11. The van der Waals surface area contributed by atoms with Gasteiger partial charge in [-0.05, 0) is 38.4 Å². The molecule has 0 aliphatic carbocycles. The van der Waals surface area contributed by atoms with E-state index in [1.807, 2.05) is 17.5 Å². The molecule has 0 aromatic carbocycles. The van der Waals surface area contributed by atoms with E-state index in [2.05, 4.69) is 22.5 Å². The fraction of sp³-hybridized carbons (Fsp3) is 0.429. The van der Waals surface area contributed by atoms with Crippen molar-refractivity contribution >= 4 is 40.2 Å². The summed E-state index contributed by atoms with van der Waals surface area (Å²) in [5.74, 6) is -0.0840. The van der Waals surface area contributed by atoms with Crippen LogP contribution in [0.3, 0.4) is 0 Å². The van der Waals surface area contributed by atoms with E-state index in [1.165, 1.54) is 22.7 Å². The summed E-state index contributed by atoms with van der Waals surface area (Å²) < 4.78 is 0.731. The highest BCUT2D eigenvalue weighted by Crippen LogP contribution is 2.32. The minimum atomic E-state index is -0.0840. The van der Waals surface area contributed by atoms with E-state index in [-0.39, 0.29) is 11.9 Å². The first kappa shape index (κ1) is 15.0. The van der Waals surface area contributed by atoms with Crippen molar-refractivity contribution in [3.63, 3.8) is 0 Å². The number of nitrogens with one attached hydrogen (secondary N) is 2. The summed E-state index contributed by atoms with van der Waals surface area (Å²) >= 11 is 8.88. The molecule has 1 aliphatic rings. The fourth-order valence-electron chi connectivity index (χ4n) is 2.44. The average molecular weight is 342 g/mol. The van der Waals surface area contributed by atoms with Crippen molar-refractivity contribution in [1.82, 2.24) is 15.6 Å². The zero-order valence-electron chi connectivity index (χ0n) is 11.6. The van der Waals surface area contributed by atoms with Crippen molar-refractivity contribution in [3.05, 3.63) is 27.5 Å². The smallest absolute Gasteiger partial charge is 0.270 e. The Labute approximate surface area is 136 Å². The Balaban J connectivity index is 1.66. The third-order valence-electron chi connectivity index (χ3n) is 3.48. The van der Waals surface area contributed by atoms with Crippen LogP contribution >= 0.6 is 34.3 Å². The summed E-state index contributed by atoms with van der Waals surface area (Å²) in [6.07, 6.45) is 1.93. The number of hydrogen-bond donors (Lipinski definition) is 2. The van der Waals surface area contributed by atoms with E-state index in [0.717, 1.165) is 33.6 Å². The van der Waals surface area contributed by atoms with Gasteiger partial charge in [-0.1, -0.05) is 11.6 Å². The van der Waals surface area contributed by atoms with Gasteiger partial charge in [-0.2, -0.15) is 0 Å². The lowest BCUT2D eigenvalue weighted by Gasteiger charge is -2.28. The fourth-order valence-corrected chi connectivity index (χ4v) is 4.36. The lowest BCUT2D eigenvalue weighted by Crippen LogP contribution is -2.46. The maximum Gasteiger partial charge on any atom is 0.270 e. The zero-order chi connectivity index (χ0) is 14.8. The first-order valence-electron chi connectivity index (χ1n) is 6.87. The van der Waals surface area contributed by atoms with Crippen LogP contribution in [0.5, 0.6) is 0 Å². The number of thiophene rings is 1. The highest BCUT2D eigenvalue weighted by atomic mass is 35.5. The SMILES string of the molecule is CC1CC(NC(=O)c2csc(-c3ccc(Cl)s3)n2)CCN1. The Bertz CT molecular complexity index is 640. The summed E-state index contributed by atoms with van der Waals surface area (Å²) in [6.45, 7) is 3.09. The third-order valence-corrected chi connectivity index (χ3v) is 5.72. The van der Waals surface area contributed by atoms with Crippen LogP contribution in [0.25, 0.3) is 9.88 Å². The molecular weight excluding hydrogens is 326 g/mol. The first-order valence-corrected chi connectivity index (χ1v) is 8.94. The van der Waals surface area contributed by atoms with Crippen molar-refractivity contribution in [2.45, 2.75) is 31.8 Å². The molecule has 2 atom stereocenters. The molecule has 0 saturated carbocycles. The molecule has 2 N–H and O–H groups in total. The van der Waals surface area contributed by atoms with E-state index < -0.39 is 0 Å². The Morgan fingerprint density at radius 3 is 3.10 bits per heavy atom. The second kappa shape index (κ2) is 6.44. The van der Waals surface area contributed by atoms with Gasteiger partial charge in [0.2, 0.25) is 0 Å². The Kier molecular flexibility index (Phi) is 4.59. The third kappa shape index (κ3) is 3.63. The molecule has 112 valence electrons. The molecular formula is C14H16ClN3OS2. The molecule has 0 radical (unpaired) electrons. The van der Waals surface area contributed by atoms with Crippen LogP contribution < -0.4 is 10.6 Å². The van der Waals surface area contributed by atoms with Gasteiger partial charge in [-0.15, -0.1) is 22.7 Å². The van der Waals surface area contributed by atoms with Gasteiger partial charge >= 0.3 is 0 Å². The molecule has 7 heteroatoms. The Morgan fingerprint density at radius 2 is 2.38 bits per heavy atom. The quantitative estimate of drug-likeness (QED) is 0.899. The minimum absolute atomic E-state index is 0.0840. The molecule has 1 fully saturated rings. The van der Waals surface area contributed by atoms with Gasteiger partial charge in [0.15, 0.2) is 0 Å². The van der Waals surface area contributed by atoms with E-state index in [9.17, 15) is 4.79 Å². The number of piperidine rings is 1. The lowest BCUT2D eigenvalue weighted by atomic mass is 10.0. The molecule has 3 rings (SSSR count). The molecule has 2 aromatic heterocycles. The van der Waals surface area contributed by atoms with E-state index in [0.29, 0.717) is 11.7 Å². The molecule has 0 spiro atoms. The van der Waals surface area contributed by atoms with Gasteiger partial charge in [0.1, 0.15) is 10.7 Å². The molecule has 21 heavy (non-hydrogen) atoms. The van der Waals surface area contributed by atoms with Crippen LogP contribution in [0, 0.1) is 0 Å². The predicted octanol–water partition coefficient (Wildman–Crippen LogP) is 3.40. The monoisotopic (exact) mass is 341 g/mol. The van der Waals surface area contributed by atoms with Crippen molar-refractivity contribution in [2.75, 3.05) is 6.54 Å². The molecule has 1 amide bonds. The zero-order valence-corrected chi connectivity index (χ0v) is 13.9. The first-order chi connectivity index (χ1) is 10.1. The van der Waals surface area contributed by atoms with Gasteiger partial charge in [-0.3, -0.25) is 4.79 Å². The highest BCUT2D eigenvalue weighted by Gasteiger charge is 2.21. The number of halogens is 1. The highest BCUT2D eigenvalue weighted by molar-refractivity contribution is 7.23. The number of hydrogen-bond acceptors (Lipinski definition) is 5. The number of thiazole rings is 1. The predicted molar refractivity (Wildman–Crippen MR) is 88.4 cm³/mol. The second-order valence-electron chi connectivity index (χ2n) is 5.19. The standard InChI is InChI=1S/C14H16ClN3OS2/c1-8-6-9(4-5-16-8)17-13(19)10-7-20-14(18-10)11-2-3-12(15)21-11/h2-3,7-9,16H,4-6H2,1H3,(H,17,19). The number of nitrogens with zero attached hydrogens (tertiary/aromatic N) is 1. The van der Waals surface area contributed by atoms with E-state index in [1.54, 1.807) is 0 Å². The van der Waals surface area contributed by atoms with E-state index >= 15 is 0 Å². The average Bonchev–Trinajstić information content (AvgIpc) is 3.07. The lowest BCUT2D eigenvalue weighted by molar-refractivity contribution is 0.0921. The van der Waals surface area contributed by atoms with Crippen molar-refractivity contribution < 1.29 is 4.79 Å². The maximum absolute atomic E-state index is 12.3. The van der Waals surface area contributed by atoms with Crippen molar-refractivity contribution in [1.29, 1.82) is 0 Å². The number of rotatable bonds is 3. The van der Waals surface area contributed by atoms with E-state index in [4.69, 9.17) is 11.6 Å². The molecule has 2 unspecified atom stereocenters. The molecule has 2 aromatic rings. The van der Waals surface area contributed by atoms with Gasteiger partial charge in [0, 0.05) is 17.5 Å². The molecule has 1 saturated heterocycles. The van der Waals surface area contributed by atoms with Gasteiger partial charge in [0.25, 0.3) is 5.91 Å². The summed E-state index contributed by atoms with van der Waals surface area (Å²) in [5.41, 5.74) is 0.491. The van der Waals surface area contributed by atoms with Gasteiger partial charge < -0.3 is 10.6 Å². The molecule has 4 nitrogen and oxygen atoms in total. The number of carbonyl (C=O) groups excluding carboxylic acids is 1. The number of carbonyl (C=O) groups is 1. The largest absolute Gasteiger partial charge is 0.348 e. The second-order valence-corrected chi connectivity index (χ2v) is 7.76. The Morgan fingerprint density at radius 1 is 1.52 bits per heavy atom. The Hall–Kier alpha value is -0.950. The van der Waals surface area contributed by atoms with Crippen LogP contribution in [-0.4, -0.2) is 29.5 Å². The maximum atomic E-state index is 12.3. The van der Waals surface area contributed by atoms with Crippen LogP contribution in [0.4, 0.5) is 0 Å². The van der Waals surface area contributed by atoms with Gasteiger partial charge in [-0.25, -0.2) is 4.98 Å². The van der Waals surface area contributed by atoms with Crippen molar-refractivity contribution in [2.24, 2.45) is 0 Å². The number of aromatic nitrogens is 1. The van der Waals surface area contributed by atoms with Crippen LogP contribution in [0.15, 0.2) is 17.5 Å². The summed E-state index contributed by atoms with van der Waals surface area (Å²) in [6, 6.07) is 4.46. The minimum Gasteiger partial charge on any atom is -0.348 e. The summed E-state index contributed by atoms with van der Waals surface area (Å²) in [7, 11) is 0. The van der Waals surface area contributed by atoms with Crippen molar-refractivity contribution in [3.8, 4) is 9.88 Å². The molecule has 1 aliphatic heterocycles. The van der Waals surface area contributed by atoms with Crippen LogP contribution in [0.1, 0.15) is 30.3 Å². The topological polar surface area (TPSA) is 54.0 Å². The normalized spacial score (nSPS) is 22.2. The summed E-state index contributed by atoms with van der Waals surface area (Å²) in [4.78, 5) is 17.7. The van der Waals surface area contributed by atoms with Crippen LogP contribution in [-0.2, 0) is 0 Å². The van der Waals surface area contributed by atoms with Gasteiger partial charge in [0.05, 0.1) is 9.21 Å². The number of amides is 1.